The Morgan fingerprint density at radius 1 is 1.09 bits per heavy atom. The number of amides is 1. The van der Waals surface area contributed by atoms with Gasteiger partial charge < -0.3 is 19.5 Å². The van der Waals surface area contributed by atoms with Gasteiger partial charge in [0.15, 0.2) is 0 Å². The molecule has 1 amide bonds. The number of aliphatic carboxylic acids is 1. The van der Waals surface area contributed by atoms with E-state index in [1.54, 1.807) is 18.1 Å². The Morgan fingerprint density at radius 3 is 2.58 bits per heavy atom. The van der Waals surface area contributed by atoms with Crippen molar-refractivity contribution in [2.24, 2.45) is 5.92 Å². The van der Waals surface area contributed by atoms with Crippen LogP contribution in [0.5, 0.6) is 5.75 Å². The fraction of sp³-hybridized carbons (Fsp3) is 0.520. The highest BCUT2D eigenvalue weighted by Crippen LogP contribution is 2.30. The first-order chi connectivity index (χ1) is 16.0. The van der Waals surface area contributed by atoms with Crippen molar-refractivity contribution in [2.75, 3.05) is 7.05 Å². The van der Waals surface area contributed by atoms with E-state index in [-0.39, 0.29) is 30.8 Å². The molecule has 2 saturated carbocycles. The molecule has 2 aromatic rings. The quantitative estimate of drug-likeness (QED) is 0.649. The third-order valence-corrected chi connectivity index (χ3v) is 6.71. The van der Waals surface area contributed by atoms with Gasteiger partial charge in [-0.1, -0.05) is 12.8 Å². The zero-order valence-electron chi connectivity index (χ0n) is 19.0. The molecule has 8 nitrogen and oxygen atoms in total. The van der Waals surface area contributed by atoms with E-state index in [1.807, 2.05) is 24.3 Å². The lowest BCUT2D eigenvalue weighted by molar-refractivity contribution is -0.143. The monoisotopic (exact) mass is 453 g/mol. The molecule has 2 fully saturated rings. The third-order valence-electron chi connectivity index (χ3n) is 6.71. The maximum Gasteiger partial charge on any atom is 0.410 e. The van der Waals surface area contributed by atoms with Crippen molar-refractivity contribution in [2.45, 2.75) is 70.1 Å². The molecule has 2 atom stereocenters. The van der Waals surface area contributed by atoms with Crippen LogP contribution in [0.1, 0.15) is 56.9 Å². The standard InChI is InChI=1S/C25H31N3O5/c1-28(20-6-2-3-7-20)25(31)32-15-19-14-26-16-27-23(19)17-9-11-21(12-10-17)33-22-8-4-5-18(13-22)24(29)30/h9-12,14,16,18,20,22H,2-8,13,15H2,1H3,(H,29,30)/t18-,22-/m0/s1. The van der Waals surface area contributed by atoms with E-state index in [2.05, 4.69) is 9.97 Å². The molecule has 2 aliphatic carbocycles. The summed E-state index contributed by atoms with van der Waals surface area (Å²) in [4.78, 5) is 33.9. The maximum atomic E-state index is 12.5. The van der Waals surface area contributed by atoms with Crippen molar-refractivity contribution >= 4 is 12.1 Å². The summed E-state index contributed by atoms with van der Waals surface area (Å²) in [6.45, 7) is 0.100. The van der Waals surface area contributed by atoms with Crippen LogP contribution in [0, 0.1) is 5.92 Å². The van der Waals surface area contributed by atoms with Crippen molar-refractivity contribution in [3.63, 3.8) is 0 Å². The van der Waals surface area contributed by atoms with Gasteiger partial charge in [0.2, 0.25) is 0 Å². The van der Waals surface area contributed by atoms with Crippen molar-refractivity contribution in [1.29, 1.82) is 0 Å². The van der Waals surface area contributed by atoms with E-state index in [1.165, 1.54) is 6.33 Å². The minimum atomic E-state index is -0.745. The van der Waals surface area contributed by atoms with Crippen LogP contribution in [0.4, 0.5) is 4.79 Å². The minimum absolute atomic E-state index is 0.0865. The lowest BCUT2D eigenvalue weighted by Crippen LogP contribution is -2.35. The fourth-order valence-electron chi connectivity index (χ4n) is 4.77. The van der Waals surface area contributed by atoms with Gasteiger partial charge in [-0.05, 0) is 62.8 Å². The van der Waals surface area contributed by atoms with Crippen LogP contribution in [-0.2, 0) is 16.1 Å². The minimum Gasteiger partial charge on any atom is -0.490 e. The average molecular weight is 454 g/mol. The van der Waals surface area contributed by atoms with E-state index in [9.17, 15) is 14.7 Å². The molecule has 0 spiro atoms. The van der Waals surface area contributed by atoms with Gasteiger partial charge in [0.1, 0.15) is 18.7 Å². The van der Waals surface area contributed by atoms with Crippen LogP contribution in [0.15, 0.2) is 36.8 Å². The predicted molar refractivity (Wildman–Crippen MR) is 122 cm³/mol. The summed E-state index contributed by atoms with van der Waals surface area (Å²) in [6, 6.07) is 7.80. The average Bonchev–Trinajstić information content (AvgIpc) is 3.38. The first kappa shape index (κ1) is 23.0. The first-order valence-electron chi connectivity index (χ1n) is 11.7. The fourth-order valence-corrected chi connectivity index (χ4v) is 4.77. The lowest BCUT2D eigenvalue weighted by Gasteiger charge is -2.27. The summed E-state index contributed by atoms with van der Waals surface area (Å²) >= 11 is 0. The van der Waals surface area contributed by atoms with Gasteiger partial charge >= 0.3 is 12.1 Å². The molecule has 2 aliphatic rings. The van der Waals surface area contributed by atoms with Gasteiger partial charge in [-0.15, -0.1) is 0 Å². The largest absolute Gasteiger partial charge is 0.490 e. The highest BCUT2D eigenvalue weighted by molar-refractivity contribution is 5.70. The molecule has 1 aromatic heterocycles. The highest BCUT2D eigenvalue weighted by atomic mass is 16.6. The van der Waals surface area contributed by atoms with E-state index < -0.39 is 5.97 Å². The molecule has 1 heterocycles. The summed E-state index contributed by atoms with van der Waals surface area (Å²) < 4.78 is 11.6. The molecule has 0 saturated heterocycles. The lowest BCUT2D eigenvalue weighted by atomic mass is 9.87. The molecule has 176 valence electrons. The molecule has 0 radical (unpaired) electrons. The smallest absolute Gasteiger partial charge is 0.410 e. The maximum absolute atomic E-state index is 12.5. The predicted octanol–water partition coefficient (Wildman–Crippen LogP) is 4.68. The SMILES string of the molecule is CN(C(=O)OCc1cncnc1-c1ccc(O[C@H]2CCC[C@H](C(=O)O)C2)cc1)C1CCCC1. The number of benzene rings is 1. The number of rotatable bonds is 7. The van der Waals surface area contributed by atoms with E-state index >= 15 is 0 Å². The Bertz CT molecular complexity index is 959. The normalized spacial score (nSPS) is 20.9. The summed E-state index contributed by atoms with van der Waals surface area (Å²) in [5, 5.41) is 9.27. The number of carboxylic acids is 1. The Morgan fingerprint density at radius 2 is 1.85 bits per heavy atom. The third kappa shape index (κ3) is 5.80. The molecule has 33 heavy (non-hydrogen) atoms. The van der Waals surface area contributed by atoms with E-state index in [0.29, 0.717) is 24.3 Å². The Balaban J connectivity index is 1.38. The van der Waals surface area contributed by atoms with Crippen LogP contribution >= 0.6 is 0 Å². The molecule has 8 heteroatoms. The number of hydrogen-bond donors (Lipinski definition) is 1. The van der Waals surface area contributed by atoms with Gasteiger partial charge in [0.05, 0.1) is 17.7 Å². The van der Waals surface area contributed by atoms with Gasteiger partial charge in [-0.2, -0.15) is 0 Å². The van der Waals surface area contributed by atoms with Crippen molar-refractivity contribution in [3.05, 3.63) is 42.4 Å². The number of ether oxygens (including phenoxy) is 2. The van der Waals surface area contributed by atoms with Crippen LogP contribution in [0.3, 0.4) is 0 Å². The molecule has 0 aliphatic heterocycles. The van der Waals surface area contributed by atoms with Crippen LogP contribution in [0.2, 0.25) is 0 Å². The Kier molecular flexibility index (Phi) is 7.42. The number of carbonyl (C=O) groups excluding carboxylic acids is 1. The van der Waals surface area contributed by atoms with Gasteiger partial charge in [-0.3, -0.25) is 4.79 Å². The number of aromatic nitrogens is 2. The van der Waals surface area contributed by atoms with Crippen LogP contribution in [0.25, 0.3) is 11.3 Å². The van der Waals surface area contributed by atoms with Gasteiger partial charge in [0.25, 0.3) is 0 Å². The topological polar surface area (TPSA) is 102 Å². The number of hydrogen-bond acceptors (Lipinski definition) is 6. The number of carboxylic acid groups (broad SMARTS) is 1. The zero-order valence-corrected chi connectivity index (χ0v) is 19.0. The van der Waals surface area contributed by atoms with Gasteiger partial charge in [-0.25, -0.2) is 14.8 Å². The summed E-state index contributed by atoms with van der Waals surface area (Å²) in [5.41, 5.74) is 2.31. The summed E-state index contributed by atoms with van der Waals surface area (Å²) in [5.74, 6) is -0.373. The second kappa shape index (κ2) is 10.6. The molecule has 1 aromatic carbocycles. The summed E-state index contributed by atoms with van der Waals surface area (Å²) in [7, 11) is 1.80. The molecule has 4 rings (SSSR count). The number of carbonyl (C=O) groups is 2. The van der Waals surface area contributed by atoms with Crippen LogP contribution < -0.4 is 4.74 Å². The highest BCUT2D eigenvalue weighted by Gasteiger charge is 2.28. The first-order valence-corrected chi connectivity index (χ1v) is 11.7. The molecular weight excluding hydrogens is 422 g/mol. The van der Waals surface area contributed by atoms with E-state index in [4.69, 9.17) is 9.47 Å². The van der Waals surface area contributed by atoms with Gasteiger partial charge in [0, 0.05) is 30.4 Å². The second-order valence-corrected chi connectivity index (χ2v) is 8.97. The molecular formula is C25H31N3O5. The summed E-state index contributed by atoms with van der Waals surface area (Å²) in [6.07, 6.45) is 10.1. The van der Waals surface area contributed by atoms with Crippen LogP contribution in [-0.4, -0.2) is 51.2 Å². The molecule has 0 bridgehead atoms. The number of nitrogens with zero attached hydrogens (tertiary/aromatic N) is 3. The molecule has 1 N–H and O–H groups in total. The van der Waals surface area contributed by atoms with Crippen molar-refractivity contribution in [1.82, 2.24) is 14.9 Å². The second-order valence-electron chi connectivity index (χ2n) is 8.97. The van der Waals surface area contributed by atoms with Crippen molar-refractivity contribution in [3.8, 4) is 17.0 Å². The Labute approximate surface area is 193 Å². The Hall–Kier alpha value is -3.16. The molecule has 0 unspecified atom stereocenters. The van der Waals surface area contributed by atoms with E-state index in [0.717, 1.165) is 49.7 Å². The zero-order chi connectivity index (χ0) is 23.2. The van der Waals surface area contributed by atoms with Crippen molar-refractivity contribution < 1.29 is 24.2 Å².